The van der Waals surface area contributed by atoms with Crippen molar-refractivity contribution >= 4 is 31.5 Å². The molecule has 0 radical (unpaired) electrons. The molecule has 2 heterocycles. The van der Waals surface area contributed by atoms with Gasteiger partial charge in [-0.2, -0.15) is 0 Å². The maximum absolute atomic E-state index is 12.1. The van der Waals surface area contributed by atoms with E-state index in [4.69, 9.17) is 14.4 Å². The molecule has 150 valence electrons. The molecule has 27 heavy (non-hydrogen) atoms. The fourth-order valence-electron chi connectivity index (χ4n) is 3.87. The Morgan fingerprint density at radius 1 is 1.44 bits per heavy atom. The predicted octanol–water partition coefficient (Wildman–Crippen LogP) is -0.0849. The molecule has 11 heteroatoms. The number of carboxylic acids is 2. The Kier molecular flexibility index (Phi) is 6.82. The number of rotatable bonds is 11. The van der Waals surface area contributed by atoms with E-state index in [9.17, 15) is 24.3 Å². The lowest BCUT2D eigenvalue weighted by Crippen LogP contribution is -2.44. The van der Waals surface area contributed by atoms with Crippen LogP contribution in [0.5, 0.6) is 0 Å². The number of hydrogen-bond acceptors (Lipinski definition) is 8. The number of ether oxygens (including phenoxy) is 1. The fourth-order valence-corrected chi connectivity index (χ4v) is 3.87. The van der Waals surface area contributed by atoms with Gasteiger partial charge in [0.2, 0.25) is 0 Å². The topological polar surface area (TPSA) is 148 Å². The average molecular weight is 385 g/mol. The van der Waals surface area contributed by atoms with Gasteiger partial charge in [-0.15, -0.1) is 0 Å². The lowest BCUT2D eigenvalue weighted by Gasteiger charge is -2.29. The van der Waals surface area contributed by atoms with Crippen LogP contribution in [0, 0.1) is 11.3 Å². The molecule has 2 aliphatic rings. The molecule has 0 aliphatic carbocycles. The van der Waals surface area contributed by atoms with E-state index in [0.29, 0.717) is 38.7 Å². The van der Waals surface area contributed by atoms with E-state index in [1.807, 2.05) is 6.92 Å². The minimum absolute atomic E-state index is 0.0562. The molecule has 0 aromatic heterocycles. The molecule has 2 fully saturated rings. The first kappa shape index (κ1) is 21.2. The van der Waals surface area contributed by atoms with Gasteiger partial charge in [-0.05, 0) is 31.6 Å². The molecule has 10 nitrogen and oxygen atoms in total. The van der Waals surface area contributed by atoms with Gasteiger partial charge < -0.3 is 29.6 Å². The van der Waals surface area contributed by atoms with Gasteiger partial charge in [0.25, 0.3) is 6.47 Å². The van der Waals surface area contributed by atoms with E-state index in [1.54, 1.807) is 0 Å². The van der Waals surface area contributed by atoms with Crippen molar-refractivity contribution in [1.82, 2.24) is 5.32 Å². The van der Waals surface area contributed by atoms with Crippen LogP contribution in [0.1, 0.15) is 32.6 Å². The molecule has 0 spiro atoms. The van der Waals surface area contributed by atoms with E-state index in [0.717, 1.165) is 0 Å². The van der Waals surface area contributed by atoms with Crippen molar-refractivity contribution in [3.8, 4) is 0 Å². The maximum Gasteiger partial charge on any atom is 0.528 e. The molecule has 3 N–H and O–H groups in total. The Morgan fingerprint density at radius 2 is 2.19 bits per heavy atom. The first-order chi connectivity index (χ1) is 12.8. The van der Waals surface area contributed by atoms with E-state index in [1.165, 1.54) is 0 Å². The lowest BCUT2D eigenvalue weighted by molar-refractivity contribution is -0.158. The highest BCUT2D eigenvalue weighted by molar-refractivity contribution is 6.49. The SMILES string of the molecule is CCC1(C(=O)O)CNCC1CCCB1OC(=O)C(COC=O)(CC(=O)O)O1. The third-order valence-electron chi connectivity index (χ3n) is 5.45. The second-order valence-corrected chi connectivity index (χ2v) is 7.00. The Labute approximate surface area is 156 Å². The van der Waals surface area contributed by atoms with Crippen LogP contribution >= 0.6 is 0 Å². The average Bonchev–Trinajstić information content (AvgIpc) is 3.15. The standard InChI is InChI=1S/C16H24BNO9/c1-2-15(13(22)23)8-18-7-11(15)4-3-5-17-26-14(24)16(27-17,6-12(20)21)9-25-10-19/h10-11,18H,2-9H2,1H3,(H,20,21)(H,22,23). The Morgan fingerprint density at radius 3 is 2.78 bits per heavy atom. The highest BCUT2D eigenvalue weighted by Gasteiger charge is 2.55. The molecule has 0 aromatic rings. The summed E-state index contributed by atoms with van der Waals surface area (Å²) in [7, 11) is -0.956. The van der Waals surface area contributed by atoms with Crippen molar-refractivity contribution in [2.75, 3.05) is 19.7 Å². The second-order valence-electron chi connectivity index (χ2n) is 7.00. The molecule has 2 rings (SSSR count). The summed E-state index contributed by atoms with van der Waals surface area (Å²) in [6.07, 6.45) is 1.27. The van der Waals surface area contributed by atoms with E-state index in [2.05, 4.69) is 10.1 Å². The molecule has 2 aliphatic heterocycles. The van der Waals surface area contributed by atoms with Gasteiger partial charge in [0.15, 0.2) is 5.60 Å². The largest absolute Gasteiger partial charge is 0.528 e. The highest BCUT2D eigenvalue weighted by Crippen LogP contribution is 2.39. The van der Waals surface area contributed by atoms with Gasteiger partial charge in [0.1, 0.15) is 6.61 Å². The normalized spacial score (nSPS) is 30.2. The van der Waals surface area contributed by atoms with Gasteiger partial charge in [0.05, 0.1) is 11.8 Å². The Bertz CT molecular complexity index is 600. The van der Waals surface area contributed by atoms with E-state index >= 15 is 0 Å². The zero-order chi connectivity index (χ0) is 20.1. The summed E-state index contributed by atoms with van der Waals surface area (Å²) < 4.78 is 15.2. The van der Waals surface area contributed by atoms with Gasteiger partial charge in [-0.1, -0.05) is 13.3 Å². The third-order valence-corrected chi connectivity index (χ3v) is 5.45. The molecule has 0 saturated carbocycles. The van der Waals surface area contributed by atoms with Crippen LogP contribution < -0.4 is 5.32 Å². The summed E-state index contributed by atoms with van der Waals surface area (Å²) in [5.74, 6) is -3.05. The number of carboxylic acid groups (broad SMARTS) is 2. The van der Waals surface area contributed by atoms with E-state index < -0.39 is 49.1 Å². The van der Waals surface area contributed by atoms with Gasteiger partial charge in [0, 0.05) is 6.54 Å². The first-order valence-corrected chi connectivity index (χ1v) is 8.89. The number of carbonyl (C=O) groups is 4. The van der Waals surface area contributed by atoms with Gasteiger partial charge in [-0.25, -0.2) is 0 Å². The summed E-state index contributed by atoms with van der Waals surface area (Å²) in [5, 5.41) is 21.7. The van der Waals surface area contributed by atoms with Crippen LogP contribution in [-0.4, -0.2) is 67.0 Å². The summed E-state index contributed by atoms with van der Waals surface area (Å²) in [6.45, 7) is 2.44. The number of nitrogens with one attached hydrogen (secondary N) is 1. The van der Waals surface area contributed by atoms with Crippen molar-refractivity contribution in [2.24, 2.45) is 11.3 Å². The molecule has 0 amide bonds. The van der Waals surface area contributed by atoms with Gasteiger partial charge >= 0.3 is 25.0 Å². The molecule has 0 bridgehead atoms. The van der Waals surface area contributed by atoms with Crippen LogP contribution in [0.4, 0.5) is 0 Å². The third kappa shape index (κ3) is 4.41. The minimum atomic E-state index is -1.85. The Hall–Kier alpha value is -2.14. The number of carbonyl (C=O) groups excluding carboxylic acids is 2. The molecular formula is C16H24BNO9. The van der Waals surface area contributed by atoms with Crippen molar-refractivity contribution in [3.63, 3.8) is 0 Å². The first-order valence-electron chi connectivity index (χ1n) is 8.89. The van der Waals surface area contributed by atoms with Crippen LogP contribution in [0.2, 0.25) is 6.32 Å². The van der Waals surface area contributed by atoms with Crippen molar-refractivity contribution in [2.45, 2.75) is 44.5 Å². The summed E-state index contributed by atoms with van der Waals surface area (Å²) in [5.41, 5.74) is -2.65. The Balaban J connectivity index is 1.93. The zero-order valence-corrected chi connectivity index (χ0v) is 15.1. The maximum atomic E-state index is 12.1. The van der Waals surface area contributed by atoms with Crippen molar-refractivity contribution < 1.29 is 43.4 Å². The summed E-state index contributed by atoms with van der Waals surface area (Å²) >= 11 is 0. The molecule has 3 atom stereocenters. The van der Waals surface area contributed by atoms with Crippen LogP contribution in [0.25, 0.3) is 0 Å². The quantitative estimate of drug-likeness (QED) is 0.326. The van der Waals surface area contributed by atoms with E-state index in [-0.39, 0.29) is 12.4 Å². The molecule has 0 aromatic carbocycles. The summed E-state index contributed by atoms with van der Waals surface area (Å²) in [4.78, 5) is 45.2. The van der Waals surface area contributed by atoms with Crippen molar-refractivity contribution in [3.05, 3.63) is 0 Å². The minimum Gasteiger partial charge on any atom is -0.507 e. The lowest BCUT2D eigenvalue weighted by atomic mass is 9.72. The number of aliphatic carboxylic acids is 2. The van der Waals surface area contributed by atoms with Crippen LogP contribution in [0.15, 0.2) is 0 Å². The van der Waals surface area contributed by atoms with Crippen molar-refractivity contribution in [1.29, 1.82) is 0 Å². The smallest absolute Gasteiger partial charge is 0.507 e. The fraction of sp³-hybridized carbons (Fsp3) is 0.750. The molecule has 3 unspecified atom stereocenters. The molecule has 2 saturated heterocycles. The monoisotopic (exact) mass is 385 g/mol. The van der Waals surface area contributed by atoms with Crippen LogP contribution in [0.3, 0.4) is 0 Å². The highest BCUT2D eigenvalue weighted by atomic mass is 16.7. The zero-order valence-electron chi connectivity index (χ0n) is 15.1. The summed E-state index contributed by atoms with van der Waals surface area (Å²) in [6, 6.07) is 0. The number of hydrogen-bond donors (Lipinski definition) is 3. The molecular weight excluding hydrogens is 361 g/mol. The van der Waals surface area contributed by atoms with Crippen LogP contribution in [-0.2, 0) is 33.2 Å². The van der Waals surface area contributed by atoms with Gasteiger partial charge in [-0.3, -0.25) is 19.2 Å². The predicted molar refractivity (Wildman–Crippen MR) is 90.7 cm³/mol. The second kappa shape index (κ2) is 8.70.